The molecule has 1 aromatic heterocycles. The Morgan fingerprint density at radius 3 is 2.55 bits per heavy atom. The summed E-state index contributed by atoms with van der Waals surface area (Å²) in [4.78, 5) is 12.1. The average molecular weight is 290 g/mol. The Kier molecular flexibility index (Phi) is 4.68. The monoisotopic (exact) mass is 290 g/mol. The van der Waals surface area contributed by atoms with Crippen molar-refractivity contribution in [3.8, 4) is 0 Å². The molecule has 0 saturated heterocycles. The van der Waals surface area contributed by atoms with Crippen molar-refractivity contribution in [3.63, 3.8) is 0 Å². The van der Waals surface area contributed by atoms with Gasteiger partial charge in [0.05, 0.1) is 0 Å². The van der Waals surface area contributed by atoms with Gasteiger partial charge in [0.1, 0.15) is 0 Å². The van der Waals surface area contributed by atoms with Gasteiger partial charge in [0, 0.05) is 12.2 Å². The number of nitrogens with zero attached hydrogens (tertiary/aromatic N) is 2. The second kappa shape index (κ2) is 6.47. The predicted molar refractivity (Wildman–Crippen MR) is 82.6 cm³/mol. The highest BCUT2D eigenvalue weighted by Gasteiger charge is 2.13. The lowest BCUT2D eigenvalue weighted by molar-refractivity contribution is 0.102. The first-order chi connectivity index (χ1) is 9.58. The molecule has 5 nitrogen and oxygen atoms in total. The van der Waals surface area contributed by atoms with Gasteiger partial charge in [0.15, 0.2) is 0 Å². The van der Waals surface area contributed by atoms with E-state index in [0.717, 1.165) is 29.8 Å². The van der Waals surface area contributed by atoms with E-state index in [2.05, 4.69) is 33.8 Å². The van der Waals surface area contributed by atoms with Crippen LogP contribution in [0.25, 0.3) is 0 Å². The normalized spacial score (nSPS) is 10.3. The Hall–Kier alpha value is -1.95. The third kappa shape index (κ3) is 3.77. The molecular weight excluding hydrogens is 272 g/mol. The molecule has 6 heteroatoms. The molecule has 106 valence electrons. The molecule has 2 rings (SSSR count). The smallest absolute Gasteiger partial charge is 0.286 e. The van der Waals surface area contributed by atoms with E-state index in [4.69, 9.17) is 0 Å². The van der Waals surface area contributed by atoms with E-state index < -0.39 is 0 Å². The third-order valence-corrected chi connectivity index (χ3v) is 3.50. The van der Waals surface area contributed by atoms with Crippen molar-refractivity contribution in [3.05, 3.63) is 34.3 Å². The summed E-state index contributed by atoms with van der Waals surface area (Å²) in [7, 11) is 0. The van der Waals surface area contributed by atoms with Crippen molar-refractivity contribution in [2.45, 2.75) is 27.2 Å². The Balaban J connectivity index is 2.05. The number of carbonyl (C=O) groups is 1. The molecule has 0 radical (unpaired) electrons. The van der Waals surface area contributed by atoms with Crippen LogP contribution in [-0.2, 0) is 0 Å². The molecule has 0 atom stereocenters. The van der Waals surface area contributed by atoms with Gasteiger partial charge in [-0.1, -0.05) is 24.3 Å². The maximum atomic E-state index is 12.1. The molecule has 20 heavy (non-hydrogen) atoms. The Bertz CT molecular complexity index is 589. The van der Waals surface area contributed by atoms with E-state index in [9.17, 15) is 4.79 Å². The number of nitrogens with one attached hydrogen (secondary N) is 2. The molecule has 0 aliphatic heterocycles. The summed E-state index contributed by atoms with van der Waals surface area (Å²) in [5, 5.41) is 14.9. The number of rotatable bonds is 5. The molecule has 1 aromatic carbocycles. The number of benzene rings is 1. The first-order valence-corrected chi connectivity index (χ1v) is 7.37. The van der Waals surface area contributed by atoms with E-state index in [1.807, 2.05) is 26.0 Å². The van der Waals surface area contributed by atoms with E-state index in [1.165, 1.54) is 11.3 Å². The maximum absolute atomic E-state index is 12.1. The molecule has 0 bridgehead atoms. The van der Waals surface area contributed by atoms with Gasteiger partial charge in [0.2, 0.25) is 10.1 Å². The van der Waals surface area contributed by atoms with Crippen molar-refractivity contribution in [1.82, 2.24) is 10.2 Å². The van der Waals surface area contributed by atoms with Crippen LogP contribution in [0.3, 0.4) is 0 Å². The fourth-order valence-corrected chi connectivity index (χ4v) is 2.51. The largest absolute Gasteiger partial charge is 0.360 e. The van der Waals surface area contributed by atoms with Crippen LogP contribution in [0.1, 0.15) is 34.3 Å². The summed E-state index contributed by atoms with van der Waals surface area (Å²) in [6, 6.07) is 5.93. The molecule has 0 spiro atoms. The van der Waals surface area contributed by atoms with Gasteiger partial charge >= 0.3 is 0 Å². The summed E-state index contributed by atoms with van der Waals surface area (Å²) in [6.07, 6.45) is 1.00. The molecular formula is C14H18N4OS. The number of anilines is 2. The first kappa shape index (κ1) is 14.5. The minimum atomic E-state index is -0.225. The summed E-state index contributed by atoms with van der Waals surface area (Å²) < 4.78 is 0. The minimum absolute atomic E-state index is 0.225. The van der Waals surface area contributed by atoms with Crippen LogP contribution < -0.4 is 10.6 Å². The maximum Gasteiger partial charge on any atom is 0.286 e. The summed E-state index contributed by atoms with van der Waals surface area (Å²) in [6.45, 7) is 6.90. The highest BCUT2D eigenvalue weighted by Crippen LogP contribution is 2.18. The number of aryl methyl sites for hydroxylation is 2. The standard InChI is InChI=1S/C14H18N4OS/c1-4-5-15-14-18-17-13(20-14)12(19)16-11-7-9(2)6-10(3)8-11/h6-8H,4-5H2,1-3H3,(H,15,18)(H,16,19). The molecule has 0 unspecified atom stereocenters. The summed E-state index contributed by atoms with van der Waals surface area (Å²) in [5.41, 5.74) is 3.01. The Labute approximate surface area is 122 Å². The van der Waals surface area contributed by atoms with Crippen molar-refractivity contribution < 1.29 is 4.79 Å². The van der Waals surface area contributed by atoms with Crippen LogP contribution in [0, 0.1) is 13.8 Å². The van der Waals surface area contributed by atoms with Crippen molar-refractivity contribution >= 4 is 28.1 Å². The fraction of sp³-hybridized carbons (Fsp3) is 0.357. The van der Waals surface area contributed by atoms with Crippen LogP contribution in [-0.4, -0.2) is 22.6 Å². The van der Waals surface area contributed by atoms with Crippen molar-refractivity contribution in [2.24, 2.45) is 0 Å². The van der Waals surface area contributed by atoms with E-state index in [-0.39, 0.29) is 5.91 Å². The lowest BCUT2D eigenvalue weighted by Crippen LogP contribution is -2.11. The number of aromatic nitrogens is 2. The zero-order chi connectivity index (χ0) is 14.5. The van der Waals surface area contributed by atoms with E-state index in [1.54, 1.807) is 0 Å². The second-order valence-electron chi connectivity index (χ2n) is 4.67. The highest BCUT2D eigenvalue weighted by atomic mass is 32.1. The first-order valence-electron chi connectivity index (χ1n) is 6.55. The van der Waals surface area contributed by atoms with Crippen molar-refractivity contribution in [1.29, 1.82) is 0 Å². The lowest BCUT2D eigenvalue weighted by atomic mass is 10.1. The van der Waals surface area contributed by atoms with Gasteiger partial charge in [-0.25, -0.2) is 0 Å². The molecule has 0 aliphatic carbocycles. The van der Waals surface area contributed by atoms with Gasteiger partial charge in [-0.15, -0.1) is 10.2 Å². The van der Waals surface area contributed by atoms with Gasteiger partial charge in [0.25, 0.3) is 5.91 Å². The molecule has 0 fully saturated rings. The highest BCUT2D eigenvalue weighted by molar-refractivity contribution is 7.17. The van der Waals surface area contributed by atoms with E-state index in [0.29, 0.717) is 10.1 Å². The Morgan fingerprint density at radius 1 is 1.20 bits per heavy atom. The third-order valence-electron chi connectivity index (χ3n) is 2.63. The van der Waals surface area contributed by atoms with Crippen LogP contribution >= 0.6 is 11.3 Å². The van der Waals surface area contributed by atoms with Gasteiger partial charge in [-0.2, -0.15) is 0 Å². The van der Waals surface area contributed by atoms with Crippen LogP contribution in [0.5, 0.6) is 0 Å². The lowest BCUT2D eigenvalue weighted by Gasteiger charge is -2.05. The van der Waals surface area contributed by atoms with Crippen LogP contribution in [0.2, 0.25) is 0 Å². The number of hydrogen-bond donors (Lipinski definition) is 2. The Morgan fingerprint density at radius 2 is 1.90 bits per heavy atom. The average Bonchev–Trinajstić information content (AvgIpc) is 2.83. The van der Waals surface area contributed by atoms with Crippen LogP contribution in [0.15, 0.2) is 18.2 Å². The number of hydrogen-bond acceptors (Lipinski definition) is 5. The molecule has 2 N–H and O–H groups in total. The predicted octanol–water partition coefficient (Wildman–Crippen LogP) is 3.23. The molecule has 1 heterocycles. The quantitative estimate of drug-likeness (QED) is 0.887. The zero-order valence-electron chi connectivity index (χ0n) is 11.9. The minimum Gasteiger partial charge on any atom is -0.360 e. The molecule has 1 amide bonds. The summed E-state index contributed by atoms with van der Waals surface area (Å²) in [5.74, 6) is -0.225. The van der Waals surface area contributed by atoms with Crippen LogP contribution in [0.4, 0.5) is 10.8 Å². The summed E-state index contributed by atoms with van der Waals surface area (Å²) >= 11 is 1.26. The van der Waals surface area contributed by atoms with E-state index >= 15 is 0 Å². The number of carbonyl (C=O) groups excluding carboxylic acids is 1. The van der Waals surface area contributed by atoms with Gasteiger partial charge in [-0.3, -0.25) is 4.79 Å². The van der Waals surface area contributed by atoms with Gasteiger partial charge in [-0.05, 0) is 43.5 Å². The molecule has 0 saturated carbocycles. The SMILES string of the molecule is CCCNc1nnc(C(=O)Nc2cc(C)cc(C)c2)s1. The fourth-order valence-electron chi connectivity index (χ4n) is 1.85. The number of amides is 1. The zero-order valence-corrected chi connectivity index (χ0v) is 12.7. The second-order valence-corrected chi connectivity index (χ2v) is 5.65. The topological polar surface area (TPSA) is 66.9 Å². The van der Waals surface area contributed by atoms with Gasteiger partial charge < -0.3 is 10.6 Å². The van der Waals surface area contributed by atoms with Crippen molar-refractivity contribution in [2.75, 3.05) is 17.2 Å². The molecule has 0 aliphatic rings. The molecule has 2 aromatic rings.